The number of hydrogen-bond donors (Lipinski definition) is 0. The lowest BCUT2D eigenvalue weighted by Gasteiger charge is -2.07. The number of aryl methyl sites for hydroxylation is 2. The van der Waals surface area contributed by atoms with Gasteiger partial charge in [-0.15, -0.1) is 0 Å². The van der Waals surface area contributed by atoms with E-state index < -0.39 is 10.0 Å². The molecule has 7 nitrogen and oxygen atoms in total. The minimum absolute atomic E-state index is 0.218. The molecule has 0 bridgehead atoms. The van der Waals surface area contributed by atoms with Crippen molar-refractivity contribution in [1.82, 2.24) is 13.9 Å². The van der Waals surface area contributed by atoms with Gasteiger partial charge in [0.1, 0.15) is 0 Å². The molecular formula is C22H17N3O4S. The fourth-order valence-electron chi connectivity index (χ4n) is 3.34. The van der Waals surface area contributed by atoms with E-state index in [2.05, 4.69) is 9.97 Å². The topological polar surface area (TPSA) is 91.1 Å². The van der Waals surface area contributed by atoms with Crippen LogP contribution in [0.2, 0.25) is 0 Å². The highest BCUT2D eigenvalue weighted by atomic mass is 32.2. The molecule has 2 aromatic carbocycles. The molecule has 30 heavy (non-hydrogen) atoms. The van der Waals surface area contributed by atoms with Crippen molar-refractivity contribution in [2.75, 3.05) is 0 Å². The van der Waals surface area contributed by atoms with Crippen LogP contribution in [0.4, 0.5) is 0 Å². The third-order valence-electron chi connectivity index (χ3n) is 4.86. The summed E-state index contributed by atoms with van der Waals surface area (Å²) < 4.78 is 39.3. The Morgan fingerprint density at radius 1 is 0.867 bits per heavy atom. The molecule has 150 valence electrons. The SMILES string of the molecule is Cc1ccc(S(=O)(=O)n2cc(-c3cnc(-c4cnc(C)o4)o3)c3ccccc32)cc1. The predicted octanol–water partition coefficient (Wildman–Crippen LogP) is 4.81. The van der Waals surface area contributed by atoms with Gasteiger partial charge in [0.05, 0.1) is 22.8 Å². The zero-order chi connectivity index (χ0) is 20.9. The quantitative estimate of drug-likeness (QED) is 0.415. The van der Waals surface area contributed by atoms with E-state index in [1.807, 2.05) is 19.1 Å². The molecule has 0 amide bonds. The van der Waals surface area contributed by atoms with Crippen molar-refractivity contribution in [2.45, 2.75) is 18.7 Å². The number of aromatic nitrogens is 3. The molecule has 0 atom stereocenters. The molecule has 0 N–H and O–H groups in total. The summed E-state index contributed by atoms with van der Waals surface area (Å²) in [7, 11) is -3.79. The Hall–Kier alpha value is -3.65. The Bertz CT molecular complexity index is 1470. The minimum Gasteiger partial charge on any atom is -0.436 e. The normalized spacial score (nSPS) is 11.9. The van der Waals surface area contributed by atoms with E-state index in [4.69, 9.17) is 8.83 Å². The fourth-order valence-corrected chi connectivity index (χ4v) is 4.71. The van der Waals surface area contributed by atoms with Crippen molar-refractivity contribution < 1.29 is 17.3 Å². The fraction of sp³-hybridized carbons (Fsp3) is 0.0909. The molecule has 0 radical (unpaired) electrons. The number of oxazole rings is 2. The van der Waals surface area contributed by atoms with Crippen LogP contribution in [0.25, 0.3) is 33.9 Å². The summed E-state index contributed by atoms with van der Waals surface area (Å²) in [4.78, 5) is 8.53. The minimum atomic E-state index is -3.79. The van der Waals surface area contributed by atoms with Gasteiger partial charge in [-0.3, -0.25) is 0 Å². The number of rotatable bonds is 4. The monoisotopic (exact) mass is 419 g/mol. The molecule has 0 fully saturated rings. The van der Waals surface area contributed by atoms with Crippen LogP contribution in [0.3, 0.4) is 0 Å². The summed E-state index contributed by atoms with van der Waals surface area (Å²) in [5.41, 5.74) is 2.17. The molecule has 0 saturated heterocycles. The van der Waals surface area contributed by atoms with Crippen molar-refractivity contribution >= 4 is 20.9 Å². The van der Waals surface area contributed by atoms with Crippen molar-refractivity contribution in [3.05, 3.63) is 78.6 Å². The molecule has 0 aliphatic heterocycles. The number of para-hydroxylation sites is 1. The number of hydrogen-bond acceptors (Lipinski definition) is 6. The van der Waals surface area contributed by atoms with Crippen molar-refractivity contribution in [3.8, 4) is 23.0 Å². The van der Waals surface area contributed by atoms with E-state index in [1.165, 1.54) is 10.2 Å². The third-order valence-corrected chi connectivity index (χ3v) is 6.55. The molecule has 3 heterocycles. The third kappa shape index (κ3) is 2.93. The second-order valence-electron chi connectivity index (χ2n) is 6.95. The Morgan fingerprint density at radius 2 is 1.60 bits per heavy atom. The molecule has 5 rings (SSSR count). The summed E-state index contributed by atoms with van der Waals surface area (Å²) >= 11 is 0. The van der Waals surface area contributed by atoms with Gasteiger partial charge in [-0.2, -0.15) is 0 Å². The first-order valence-corrected chi connectivity index (χ1v) is 10.7. The van der Waals surface area contributed by atoms with Crippen LogP contribution in [-0.4, -0.2) is 22.4 Å². The summed E-state index contributed by atoms with van der Waals surface area (Å²) in [6.07, 6.45) is 4.66. The van der Waals surface area contributed by atoms with E-state index in [9.17, 15) is 8.42 Å². The lowest BCUT2D eigenvalue weighted by molar-refractivity contribution is 0.499. The Labute approximate surface area is 172 Å². The van der Waals surface area contributed by atoms with Crippen LogP contribution < -0.4 is 0 Å². The van der Waals surface area contributed by atoms with E-state index in [1.54, 1.807) is 55.7 Å². The summed E-state index contributed by atoms with van der Waals surface area (Å²) in [6, 6.07) is 14.1. The summed E-state index contributed by atoms with van der Waals surface area (Å²) in [5.74, 6) is 1.64. The molecular weight excluding hydrogens is 402 g/mol. The molecule has 8 heteroatoms. The lowest BCUT2D eigenvalue weighted by Crippen LogP contribution is -2.11. The van der Waals surface area contributed by atoms with Crippen molar-refractivity contribution in [2.24, 2.45) is 0 Å². The molecule has 5 aromatic rings. The predicted molar refractivity (Wildman–Crippen MR) is 111 cm³/mol. The summed E-state index contributed by atoms with van der Waals surface area (Å²) in [6.45, 7) is 3.65. The van der Waals surface area contributed by atoms with Crippen LogP contribution in [0.15, 0.2) is 80.9 Å². The highest BCUT2D eigenvalue weighted by molar-refractivity contribution is 7.90. The van der Waals surface area contributed by atoms with Gasteiger partial charge >= 0.3 is 0 Å². The second kappa shape index (κ2) is 6.70. The molecule has 0 saturated carbocycles. The molecule has 0 spiro atoms. The Morgan fingerprint density at radius 3 is 2.33 bits per heavy atom. The second-order valence-corrected chi connectivity index (χ2v) is 8.76. The summed E-state index contributed by atoms with van der Waals surface area (Å²) in [5, 5.41) is 0.740. The van der Waals surface area contributed by atoms with Crippen molar-refractivity contribution in [3.63, 3.8) is 0 Å². The van der Waals surface area contributed by atoms with Gasteiger partial charge in [0.15, 0.2) is 11.7 Å². The molecule has 0 aliphatic carbocycles. The maximum Gasteiger partial charge on any atom is 0.268 e. The van der Waals surface area contributed by atoms with Crippen LogP contribution in [-0.2, 0) is 10.0 Å². The number of benzene rings is 2. The molecule has 0 aliphatic rings. The highest BCUT2D eigenvalue weighted by Gasteiger charge is 2.23. The van der Waals surface area contributed by atoms with Gasteiger partial charge in [0, 0.05) is 24.1 Å². The number of nitrogens with zero attached hydrogens (tertiary/aromatic N) is 3. The maximum absolute atomic E-state index is 13.3. The van der Waals surface area contributed by atoms with Gasteiger partial charge < -0.3 is 8.83 Å². The van der Waals surface area contributed by atoms with Gasteiger partial charge in [-0.1, -0.05) is 35.9 Å². The van der Waals surface area contributed by atoms with Gasteiger partial charge in [-0.25, -0.2) is 22.4 Å². The smallest absolute Gasteiger partial charge is 0.268 e. The first-order valence-electron chi connectivity index (χ1n) is 9.25. The highest BCUT2D eigenvalue weighted by Crippen LogP contribution is 2.35. The number of fused-ring (bicyclic) bond motifs is 1. The van der Waals surface area contributed by atoms with E-state index in [-0.39, 0.29) is 10.8 Å². The average Bonchev–Trinajstić information content (AvgIpc) is 3.46. The van der Waals surface area contributed by atoms with Crippen LogP contribution in [0.5, 0.6) is 0 Å². The van der Waals surface area contributed by atoms with Gasteiger partial charge in [0.2, 0.25) is 5.76 Å². The average molecular weight is 419 g/mol. The maximum atomic E-state index is 13.3. The Kier molecular flexibility index (Phi) is 4.11. The first-order chi connectivity index (χ1) is 14.4. The van der Waals surface area contributed by atoms with Gasteiger partial charge in [0.25, 0.3) is 15.9 Å². The largest absolute Gasteiger partial charge is 0.436 e. The van der Waals surface area contributed by atoms with Gasteiger partial charge in [-0.05, 0) is 25.1 Å². The first kappa shape index (κ1) is 18.4. The van der Waals surface area contributed by atoms with Crippen LogP contribution >= 0.6 is 0 Å². The van der Waals surface area contributed by atoms with Crippen LogP contribution in [0, 0.1) is 13.8 Å². The molecule has 3 aromatic heterocycles. The van der Waals surface area contributed by atoms with E-state index in [0.29, 0.717) is 28.5 Å². The van der Waals surface area contributed by atoms with Crippen LogP contribution in [0.1, 0.15) is 11.5 Å². The zero-order valence-electron chi connectivity index (χ0n) is 16.2. The molecule has 0 unspecified atom stereocenters. The Balaban J connectivity index is 1.67. The van der Waals surface area contributed by atoms with Crippen molar-refractivity contribution in [1.29, 1.82) is 0 Å². The standard InChI is InChI=1S/C22H17N3O4S/c1-14-7-9-16(10-8-14)30(26,27)25-13-18(17-5-3-4-6-19(17)25)20-11-24-22(29-20)21-12-23-15(2)28-21/h3-13H,1-2H3. The van der Waals surface area contributed by atoms with E-state index in [0.717, 1.165) is 10.9 Å². The zero-order valence-corrected chi connectivity index (χ0v) is 17.1. The van der Waals surface area contributed by atoms with E-state index >= 15 is 0 Å². The lowest BCUT2D eigenvalue weighted by atomic mass is 10.1.